The van der Waals surface area contributed by atoms with Crippen molar-refractivity contribution in [2.45, 2.75) is 38.6 Å². The number of ether oxygens (including phenoxy) is 1. The van der Waals surface area contributed by atoms with Crippen molar-refractivity contribution in [3.63, 3.8) is 0 Å². The Labute approximate surface area is 157 Å². The minimum atomic E-state index is -0.932. The van der Waals surface area contributed by atoms with Crippen LogP contribution in [-0.4, -0.2) is 57.5 Å². The van der Waals surface area contributed by atoms with Gasteiger partial charge in [0.05, 0.1) is 31.4 Å². The highest BCUT2D eigenvalue weighted by molar-refractivity contribution is 5.95. The van der Waals surface area contributed by atoms with Gasteiger partial charge >= 0.3 is 5.97 Å². The van der Waals surface area contributed by atoms with E-state index in [-0.39, 0.29) is 18.9 Å². The van der Waals surface area contributed by atoms with Crippen LogP contribution in [0, 0.1) is 6.92 Å². The van der Waals surface area contributed by atoms with E-state index in [9.17, 15) is 9.59 Å². The van der Waals surface area contributed by atoms with Crippen LogP contribution in [0.2, 0.25) is 0 Å². The second kappa shape index (κ2) is 7.15. The number of para-hydroxylation sites is 1. The molecule has 142 valence electrons. The lowest BCUT2D eigenvalue weighted by Crippen LogP contribution is -2.49. The van der Waals surface area contributed by atoms with E-state index in [1.165, 1.54) is 0 Å². The Balaban J connectivity index is 1.72. The molecule has 1 saturated heterocycles. The second-order valence-corrected chi connectivity index (χ2v) is 7.15. The summed E-state index contributed by atoms with van der Waals surface area (Å²) in [6.45, 7) is 3.09. The molecular formula is C20H23N3O4. The molecule has 2 aromatic rings. The number of amides is 1. The van der Waals surface area contributed by atoms with Crippen LogP contribution >= 0.6 is 0 Å². The van der Waals surface area contributed by atoms with Crippen LogP contribution in [0.5, 0.6) is 0 Å². The van der Waals surface area contributed by atoms with Gasteiger partial charge in [0.2, 0.25) is 0 Å². The first-order valence-corrected chi connectivity index (χ1v) is 9.33. The lowest BCUT2D eigenvalue weighted by Gasteiger charge is -2.34. The van der Waals surface area contributed by atoms with Crippen LogP contribution in [0.15, 0.2) is 24.3 Å². The quantitative estimate of drug-likeness (QED) is 0.891. The molecule has 27 heavy (non-hydrogen) atoms. The van der Waals surface area contributed by atoms with Crippen LogP contribution < -0.4 is 0 Å². The highest BCUT2D eigenvalue weighted by Gasteiger charge is 2.35. The first-order valence-electron chi connectivity index (χ1n) is 9.33. The van der Waals surface area contributed by atoms with Gasteiger partial charge in [-0.15, -0.1) is 0 Å². The summed E-state index contributed by atoms with van der Waals surface area (Å²) in [5.41, 5.74) is 4.64. The van der Waals surface area contributed by atoms with Crippen molar-refractivity contribution >= 4 is 11.9 Å². The molecule has 1 aromatic heterocycles. The number of aryl methyl sites for hydroxylation is 1. The highest BCUT2D eigenvalue weighted by Crippen LogP contribution is 2.30. The number of nitrogens with zero attached hydrogens (tertiary/aromatic N) is 3. The second-order valence-electron chi connectivity index (χ2n) is 7.15. The topological polar surface area (TPSA) is 84.7 Å². The summed E-state index contributed by atoms with van der Waals surface area (Å²) in [5, 5.41) is 13.8. The van der Waals surface area contributed by atoms with Gasteiger partial charge in [-0.25, -0.2) is 4.68 Å². The molecule has 0 saturated carbocycles. The maximum atomic E-state index is 13.3. The third-order valence-corrected chi connectivity index (χ3v) is 5.38. The summed E-state index contributed by atoms with van der Waals surface area (Å²) in [6.07, 6.45) is 2.61. The van der Waals surface area contributed by atoms with Gasteiger partial charge < -0.3 is 14.7 Å². The van der Waals surface area contributed by atoms with Gasteiger partial charge in [0.15, 0.2) is 5.69 Å². The summed E-state index contributed by atoms with van der Waals surface area (Å²) in [5.74, 6) is -1.12. The smallest absolute Gasteiger partial charge is 0.305 e. The predicted octanol–water partition coefficient (Wildman–Crippen LogP) is 1.99. The first-order chi connectivity index (χ1) is 13.1. The molecule has 2 heterocycles. The molecule has 1 atom stereocenters. The summed E-state index contributed by atoms with van der Waals surface area (Å²) in [4.78, 5) is 26.1. The van der Waals surface area contributed by atoms with Gasteiger partial charge in [-0.05, 0) is 37.8 Å². The van der Waals surface area contributed by atoms with Gasteiger partial charge in [-0.3, -0.25) is 9.59 Å². The van der Waals surface area contributed by atoms with Gasteiger partial charge in [0.25, 0.3) is 5.91 Å². The summed E-state index contributed by atoms with van der Waals surface area (Å²) in [7, 11) is 0. The summed E-state index contributed by atoms with van der Waals surface area (Å²) < 4.78 is 7.30. The van der Waals surface area contributed by atoms with Crippen LogP contribution in [0.4, 0.5) is 0 Å². The standard InChI is InChI=1S/C20H23N3O4/c1-13-5-2-3-7-16(13)23-17-8-4-6-15(17)19(21-23)20(26)22-9-10-27-12-14(22)11-18(24)25/h2-3,5,7,14H,4,6,8-12H2,1H3,(H,24,25). The van der Waals surface area contributed by atoms with E-state index in [1.54, 1.807) is 4.90 Å². The highest BCUT2D eigenvalue weighted by atomic mass is 16.5. The van der Waals surface area contributed by atoms with E-state index in [2.05, 4.69) is 5.10 Å². The number of rotatable bonds is 4. The lowest BCUT2D eigenvalue weighted by molar-refractivity contribution is -0.139. The normalized spacial score (nSPS) is 19.1. The number of morpholine rings is 1. The Hall–Kier alpha value is -2.67. The number of fused-ring (bicyclic) bond motifs is 1. The number of carboxylic acids is 1. The maximum Gasteiger partial charge on any atom is 0.305 e. The zero-order valence-corrected chi connectivity index (χ0v) is 15.4. The van der Waals surface area contributed by atoms with Crippen molar-refractivity contribution < 1.29 is 19.4 Å². The molecule has 2 aliphatic rings. The summed E-state index contributed by atoms with van der Waals surface area (Å²) >= 11 is 0. The Morgan fingerprint density at radius 2 is 2.11 bits per heavy atom. The minimum Gasteiger partial charge on any atom is -0.481 e. The number of carbonyl (C=O) groups excluding carboxylic acids is 1. The number of aromatic nitrogens is 2. The predicted molar refractivity (Wildman–Crippen MR) is 98.2 cm³/mol. The SMILES string of the molecule is Cc1ccccc1-n1nc(C(=O)N2CCOCC2CC(=O)O)c2c1CCC2. The fourth-order valence-electron chi connectivity index (χ4n) is 4.04. The van der Waals surface area contributed by atoms with E-state index in [0.717, 1.165) is 41.8 Å². The molecule has 0 bridgehead atoms. The Morgan fingerprint density at radius 3 is 2.89 bits per heavy atom. The van der Waals surface area contributed by atoms with Crippen molar-refractivity contribution in [3.8, 4) is 5.69 Å². The average Bonchev–Trinajstić information content (AvgIpc) is 3.24. The van der Waals surface area contributed by atoms with E-state index < -0.39 is 12.0 Å². The molecule has 1 aliphatic heterocycles. The molecule has 4 rings (SSSR count). The first kappa shape index (κ1) is 17.7. The molecule has 1 aromatic carbocycles. The molecule has 1 amide bonds. The molecule has 1 aliphatic carbocycles. The number of carbonyl (C=O) groups is 2. The third-order valence-electron chi connectivity index (χ3n) is 5.38. The third kappa shape index (κ3) is 3.23. The molecular weight excluding hydrogens is 346 g/mol. The fraction of sp³-hybridized carbons (Fsp3) is 0.450. The van der Waals surface area contributed by atoms with Gasteiger partial charge in [-0.1, -0.05) is 18.2 Å². The van der Waals surface area contributed by atoms with E-state index in [4.69, 9.17) is 9.84 Å². The number of hydrogen-bond donors (Lipinski definition) is 1. The Morgan fingerprint density at radius 1 is 1.30 bits per heavy atom. The molecule has 0 spiro atoms. The molecule has 7 nitrogen and oxygen atoms in total. The zero-order valence-electron chi connectivity index (χ0n) is 15.4. The van der Waals surface area contributed by atoms with Crippen LogP contribution in [0.1, 0.15) is 40.2 Å². The monoisotopic (exact) mass is 369 g/mol. The molecule has 1 fully saturated rings. The number of benzene rings is 1. The zero-order chi connectivity index (χ0) is 19.0. The number of carboxylic acid groups (broad SMARTS) is 1. The molecule has 7 heteroatoms. The summed E-state index contributed by atoms with van der Waals surface area (Å²) in [6, 6.07) is 7.54. The van der Waals surface area contributed by atoms with Crippen molar-refractivity contribution in [1.82, 2.24) is 14.7 Å². The fourth-order valence-corrected chi connectivity index (χ4v) is 4.04. The molecule has 0 radical (unpaired) electrons. The van der Waals surface area contributed by atoms with Crippen molar-refractivity contribution in [1.29, 1.82) is 0 Å². The Kier molecular flexibility index (Phi) is 4.70. The number of aliphatic carboxylic acids is 1. The average molecular weight is 369 g/mol. The van der Waals surface area contributed by atoms with Gasteiger partial charge in [0.1, 0.15) is 0 Å². The molecule has 1 N–H and O–H groups in total. The van der Waals surface area contributed by atoms with Crippen molar-refractivity contribution in [2.24, 2.45) is 0 Å². The van der Waals surface area contributed by atoms with Gasteiger partial charge in [-0.2, -0.15) is 5.10 Å². The van der Waals surface area contributed by atoms with Crippen LogP contribution in [0.25, 0.3) is 5.69 Å². The van der Waals surface area contributed by atoms with E-state index in [0.29, 0.717) is 18.8 Å². The van der Waals surface area contributed by atoms with Gasteiger partial charge in [0, 0.05) is 17.8 Å². The van der Waals surface area contributed by atoms with Crippen molar-refractivity contribution in [2.75, 3.05) is 19.8 Å². The molecule has 1 unspecified atom stereocenters. The number of hydrogen-bond acceptors (Lipinski definition) is 4. The lowest BCUT2D eigenvalue weighted by atomic mass is 10.1. The van der Waals surface area contributed by atoms with E-state index in [1.807, 2.05) is 35.9 Å². The maximum absolute atomic E-state index is 13.3. The van der Waals surface area contributed by atoms with Crippen molar-refractivity contribution in [3.05, 3.63) is 46.8 Å². The van der Waals surface area contributed by atoms with E-state index >= 15 is 0 Å². The van der Waals surface area contributed by atoms with Crippen LogP contribution in [0.3, 0.4) is 0 Å². The van der Waals surface area contributed by atoms with Crippen LogP contribution in [-0.2, 0) is 22.4 Å². The minimum absolute atomic E-state index is 0.119. The Bertz CT molecular complexity index is 889. The largest absolute Gasteiger partial charge is 0.481 e.